The Morgan fingerprint density at radius 3 is 1.38 bits per heavy atom. The Morgan fingerprint density at radius 1 is 1.00 bits per heavy atom. The number of hydrogen-bond donors (Lipinski definition) is 2. The van der Waals surface area contributed by atoms with Gasteiger partial charge in [0.2, 0.25) is 20.2 Å². The molecule has 0 amide bonds. The van der Waals surface area contributed by atoms with E-state index in [1.54, 1.807) is 0 Å². The van der Waals surface area contributed by atoms with Crippen LogP contribution in [-0.4, -0.2) is 17.5 Å². The van der Waals surface area contributed by atoms with Crippen LogP contribution in [0.25, 0.3) is 0 Å². The summed E-state index contributed by atoms with van der Waals surface area (Å²) >= 11 is 0. The fourth-order valence-electron chi connectivity index (χ4n) is 0.0475. The molecule has 2 unspecified atom stereocenters. The maximum absolute atomic E-state index is 9.71. The van der Waals surface area contributed by atoms with Crippen LogP contribution in [0.15, 0.2) is 0 Å². The predicted octanol–water partition coefficient (Wildman–Crippen LogP) is 0.641. The van der Waals surface area contributed by atoms with Crippen molar-refractivity contribution in [1.82, 2.24) is 0 Å². The largest absolute Gasteiger partial charge is 0.297 e. The van der Waals surface area contributed by atoms with Crippen LogP contribution in [0.4, 0.5) is 0 Å². The smallest absolute Gasteiger partial charge is 0.228 e. The first-order valence-electron chi connectivity index (χ1n) is 1.20. The number of rotatable bonds is 3. The fourth-order valence-corrected chi connectivity index (χ4v) is 3.85. The van der Waals surface area contributed by atoms with E-state index in [1.165, 1.54) is 0 Å². The second-order valence-electron chi connectivity index (χ2n) is 0.570. The molecule has 0 rings (SSSR count). The van der Waals surface area contributed by atoms with Gasteiger partial charge in [-0.25, -0.2) is 8.42 Å². The SMILES string of the molecule is O=S(O)SSS(=O)O. The second kappa shape index (κ2) is 4.77. The first-order chi connectivity index (χ1) is 3.63. The van der Waals surface area contributed by atoms with Gasteiger partial charge < -0.3 is 0 Å². The Balaban J connectivity index is 3.18. The van der Waals surface area contributed by atoms with Crippen molar-refractivity contribution in [1.29, 1.82) is 0 Å². The van der Waals surface area contributed by atoms with Crippen molar-refractivity contribution >= 4 is 39.9 Å². The van der Waals surface area contributed by atoms with Gasteiger partial charge in [0.25, 0.3) is 0 Å². The molecule has 8 heteroatoms. The average Bonchev–Trinajstić information content (AvgIpc) is 1.61. The van der Waals surface area contributed by atoms with Crippen molar-refractivity contribution in [3.8, 4) is 0 Å². The van der Waals surface area contributed by atoms with Crippen molar-refractivity contribution in [2.75, 3.05) is 0 Å². The van der Waals surface area contributed by atoms with Crippen LogP contribution in [0.5, 0.6) is 0 Å². The molecule has 0 saturated heterocycles. The van der Waals surface area contributed by atoms with Gasteiger partial charge in [0.1, 0.15) is 0 Å². The van der Waals surface area contributed by atoms with Gasteiger partial charge in [0, 0.05) is 0 Å². The molecule has 0 radical (unpaired) electrons. The van der Waals surface area contributed by atoms with Crippen LogP contribution in [0, 0.1) is 0 Å². The first kappa shape index (κ1) is 8.92. The van der Waals surface area contributed by atoms with E-state index in [1.807, 2.05) is 0 Å². The summed E-state index contributed by atoms with van der Waals surface area (Å²) in [6.07, 6.45) is 0. The average molecular weight is 194 g/mol. The molecule has 50 valence electrons. The summed E-state index contributed by atoms with van der Waals surface area (Å²) in [6.45, 7) is 0. The Hall–Kier alpha value is 0.920. The summed E-state index contributed by atoms with van der Waals surface area (Å²) < 4.78 is 35.4. The highest BCUT2D eigenvalue weighted by Crippen LogP contribution is 2.25. The minimum atomic E-state index is -2.06. The molecule has 0 aliphatic heterocycles. The van der Waals surface area contributed by atoms with E-state index in [9.17, 15) is 8.42 Å². The monoisotopic (exact) mass is 194 g/mol. The molecule has 0 heterocycles. The summed E-state index contributed by atoms with van der Waals surface area (Å²) in [5, 5.41) is 0. The van der Waals surface area contributed by atoms with Gasteiger partial charge in [0.15, 0.2) is 0 Å². The molecule has 2 N–H and O–H groups in total. The maximum atomic E-state index is 9.71. The van der Waals surface area contributed by atoms with Crippen LogP contribution in [-0.2, 0) is 20.2 Å². The van der Waals surface area contributed by atoms with Crippen LogP contribution in [0.3, 0.4) is 0 Å². The zero-order chi connectivity index (χ0) is 6.57. The molecule has 2 atom stereocenters. The van der Waals surface area contributed by atoms with E-state index < -0.39 is 20.2 Å². The van der Waals surface area contributed by atoms with Crippen LogP contribution in [0.2, 0.25) is 0 Å². The van der Waals surface area contributed by atoms with Crippen LogP contribution in [0.1, 0.15) is 0 Å². The van der Waals surface area contributed by atoms with Crippen molar-refractivity contribution in [3.05, 3.63) is 0 Å². The van der Waals surface area contributed by atoms with Gasteiger partial charge in [-0.3, -0.25) is 9.11 Å². The van der Waals surface area contributed by atoms with E-state index in [2.05, 4.69) is 0 Å². The molecule has 0 aromatic carbocycles. The summed E-state index contributed by atoms with van der Waals surface area (Å²) in [6, 6.07) is 0. The fraction of sp³-hybridized carbons (Fsp3) is 0. The Kier molecular flexibility index (Phi) is 5.31. The molecular weight excluding hydrogens is 192 g/mol. The summed E-state index contributed by atoms with van der Waals surface area (Å²) in [7, 11) is -3.25. The molecule has 0 spiro atoms. The maximum Gasteiger partial charge on any atom is 0.228 e. The van der Waals surface area contributed by atoms with Crippen molar-refractivity contribution in [2.45, 2.75) is 0 Å². The highest BCUT2D eigenvalue weighted by atomic mass is 33.7. The lowest BCUT2D eigenvalue weighted by Crippen LogP contribution is -1.75. The van der Waals surface area contributed by atoms with Gasteiger partial charge >= 0.3 is 0 Å². The summed E-state index contributed by atoms with van der Waals surface area (Å²) in [4.78, 5) is 0. The molecule has 0 aliphatic rings. The lowest BCUT2D eigenvalue weighted by atomic mass is 15.9. The molecule has 0 aromatic heterocycles. The highest BCUT2D eigenvalue weighted by molar-refractivity contribution is 9.20. The first-order valence-corrected chi connectivity index (χ1v) is 6.60. The third-order valence-electron chi connectivity index (χ3n) is 0.144. The van der Waals surface area contributed by atoms with Crippen LogP contribution < -0.4 is 0 Å². The van der Waals surface area contributed by atoms with Gasteiger partial charge in [-0.15, -0.1) is 0 Å². The Morgan fingerprint density at radius 2 is 1.25 bits per heavy atom. The highest BCUT2D eigenvalue weighted by Gasteiger charge is 1.98. The molecule has 0 saturated carbocycles. The van der Waals surface area contributed by atoms with Gasteiger partial charge in [0.05, 0.1) is 19.7 Å². The molecule has 0 aliphatic carbocycles. The van der Waals surface area contributed by atoms with Gasteiger partial charge in [-0.1, -0.05) is 0 Å². The zero-order valence-corrected chi connectivity index (χ0v) is 6.61. The lowest BCUT2D eigenvalue weighted by molar-refractivity contribution is 0.579. The zero-order valence-electron chi connectivity index (χ0n) is 3.34. The van der Waals surface area contributed by atoms with E-state index in [4.69, 9.17) is 9.11 Å². The van der Waals surface area contributed by atoms with Crippen molar-refractivity contribution in [2.24, 2.45) is 0 Å². The lowest BCUT2D eigenvalue weighted by Gasteiger charge is -1.84. The number of hydrogen-bond acceptors (Lipinski definition) is 4. The molecule has 0 bridgehead atoms. The Labute approximate surface area is 57.6 Å². The minimum absolute atomic E-state index is 0.434. The quantitative estimate of drug-likeness (QED) is 0.507. The minimum Gasteiger partial charge on any atom is -0.297 e. The summed E-state index contributed by atoms with van der Waals surface area (Å²) in [5.74, 6) is 0. The third kappa shape index (κ3) is 6.92. The van der Waals surface area contributed by atoms with E-state index in [0.29, 0.717) is 19.7 Å². The van der Waals surface area contributed by atoms with Gasteiger partial charge in [-0.05, 0) is 0 Å². The predicted molar refractivity (Wildman–Crippen MR) is 36.7 cm³/mol. The van der Waals surface area contributed by atoms with Gasteiger partial charge in [-0.2, -0.15) is 0 Å². The molecule has 0 fully saturated rings. The van der Waals surface area contributed by atoms with Crippen LogP contribution >= 0.6 is 19.7 Å². The molecule has 4 nitrogen and oxygen atoms in total. The van der Waals surface area contributed by atoms with Crippen molar-refractivity contribution < 1.29 is 17.5 Å². The van der Waals surface area contributed by atoms with Crippen molar-refractivity contribution in [3.63, 3.8) is 0 Å². The third-order valence-corrected chi connectivity index (χ3v) is 5.39. The second-order valence-corrected chi connectivity index (χ2v) is 6.69. The standard InChI is InChI=1S/H2O4S4/c1-7(2)5-6-8(3)4/h(H,1,2)(H,3,4). The molecular formula is H2O4S4. The molecule has 8 heavy (non-hydrogen) atoms. The topological polar surface area (TPSA) is 74.6 Å². The van der Waals surface area contributed by atoms with E-state index in [0.717, 1.165) is 0 Å². The van der Waals surface area contributed by atoms with E-state index >= 15 is 0 Å². The Bertz CT molecular complexity index is 92.6. The van der Waals surface area contributed by atoms with E-state index in [-0.39, 0.29) is 0 Å². The normalized spacial score (nSPS) is 17.8. The summed E-state index contributed by atoms with van der Waals surface area (Å²) in [5.41, 5.74) is 0. The molecule has 0 aromatic rings.